The number of urea groups is 1. The van der Waals surface area contributed by atoms with E-state index >= 15 is 0 Å². The van der Waals surface area contributed by atoms with Gasteiger partial charge >= 0.3 is 6.03 Å². The molecule has 4 rings (SSSR count). The Hall–Kier alpha value is -3.15. The highest BCUT2D eigenvalue weighted by molar-refractivity contribution is 6.11. The fourth-order valence-corrected chi connectivity index (χ4v) is 4.26. The predicted octanol–water partition coefficient (Wildman–Crippen LogP) is 3.22. The lowest BCUT2D eigenvalue weighted by molar-refractivity contribution is -0.131. The maximum absolute atomic E-state index is 13.2. The van der Waals surface area contributed by atoms with Gasteiger partial charge in [0.15, 0.2) is 5.78 Å². The third-order valence-corrected chi connectivity index (χ3v) is 6.01. The first-order valence-corrected chi connectivity index (χ1v) is 9.92. The van der Waals surface area contributed by atoms with E-state index in [0.717, 1.165) is 24.2 Å². The first-order valence-electron chi connectivity index (χ1n) is 9.92. The molecule has 6 nitrogen and oxygen atoms in total. The van der Waals surface area contributed by atoms with Crippen LogP contribution in [0.5, 0.6) is 5.75 Å². The van der Waals surface area contributed by atoms with Crippen molar-refractivity contribution in [1.29, 1.82) is 0 Å². The van der Waals surface area contributed by atoms with E-state index in [1.165, 1.54) is 11.1 Å². The number of benzene rings is 2. The van der Waals surface area contributed by atoms with Crippen LogP contribution in [0.25, 0.3) is 0 Å². The molecule has 1 saturated heterocycles. The van der Waals surface area contributed by atoms with E-state index in [-0.39, 0.29) is 12.3 Å². The Kier molecular flexibility index (Phi) is 4.86. The van der Waals surface area contributed by atoms with Crippen LogP contribution in [0.2, 0.25) is 0 Å². The van der Waals surface area contributed by atoms with Crippen molar-refractivity contribution in [2.45, 2.75) is 38.1 Å². The predicted molar refractivity (Wildman–Crippen MR) is 108 cm³/mol. The smallest absolute Gasteiger partial charge is 0.325 e. The Morgan fingerprint density at radius 1 is 1.10 bits per heavy atom. The second kappa shape index (κ2) is 7.35. The summed E-state index contributed by atoms with van der Waals surface area (Å²) < 4.78 is 5.17. The minimum atomic E-state index is -1.17. The third-order valence-electron chi connectivity index (χ3n) is 6.01. The SMILES string of the molecule is CC[C@@]1(c2ccc(OC)cc2)NC(=O)N(CC(=O)c2ccc3c(c2)CCC3)C1=O. The number of nitrogens with zero attached hydrogens (tertiary/aromatic N) is 1. The summed E-state index contributed by atoms with van der Waals surface area (Å²) in [5.41, 5.74) is 2.52. The zero-order chi connectivity index (χ0) is 20.6. The van der Waals surface area contributed by atoms with Crippen molar-refractivity contribution in [3.05, 3.63) is 64.7 Å². The highest BCUT2D eigenvalue weighted by Gasteiger charge is 2.51. The molecule has 0 radical (unpaired) electrons. The monoisotopic (exact) mass is 392 g/mol. The summed E-state index contributed by atoms with van der Waals surface area (Å²) in [6.07, 6.45) is 3.49. The van der Waals surface area contributed by atoms with Gasteiger partial charge in [0.2, 0.25) is 0 Å². The van der Waals surface area contributed by atoms with Crippen molar-refractivity contribution in [3.63, 3.8) is 0 Å². The maximum Gasteiger partial charge on any atom is 0.325 e. The van der Waals surface area contributed by atoms with Crippen LogP contribution in [-0.4, -0.2) is 36.3 Å². The van der Waals surface area contributed by atoms with E-state index in [2.05, 4.69) is 5.32 Å². The van der Waals surface area contributed by atoms with Gasteiger partial charge in [0.25, 0.3) is 5.91 Å². The molecule has 1 atom stereocenters. The van der Waals surface area contributed by atoms with Crippen LogP contribution in [0, 0.1) is 0 Å². The lowest BCUT2D eigenvalue weighted by Gasteiger charge is -2.26. The maximum atomic E-state index is 13.2. The molecule has 2 aliphatic rings. The number of carbonyl (C=O) groups excluding carboxylic acids is 3. The molecule has 150 valence electrons. The van der Waals surface area contributed by atoms with Crippen LogP contribution in [-0.2, 0) is 23.2 Å². The standard InChI is InChI=1S/C23H24N2O4/c1-3-23(18-9-11-19(29-2)12-10-18)21(27)25(22(28)24-23)14-20(26)17-8-7-15-5-4-6-16(15)13-17/h7-13H,3-6,14H2,1-2H3,(H,24,28)/t23-/m0/s1. The molecule has 0 unspecified atom stereocenters. The highest BCUT2D eigenvalue weighted by atomic mass is 16.5. The van der Waals surface area contributed by atoms with Crippen molar-refractivity contribution in [3.8, 4) is 5.75 Å². The van der Waals surface area contributed by atoms with Crippen LogP contribution in [0.1, 0.15) is 46.8 Å². The summed E-state index contributed by atoms with van der Waals surface area (Å²) in [6.45, 7) is 1.58. The van der Waals surface area contributed by atoms with Crippen LogP contribution in [0.3, 0.4) is 0 Å². The molecule has 0 saturated carbocycles. The zero-order valence-corrected chi connectivity index (χ0v) is 16.7. The molecule has 1 fully saturated rings. The molecule has 3 amide bonds. The largest absolute Gasteiger partial charge is 0.497 e. The van der Waals surface area contributed by atoms with Crippen molar-refractivity contribution in [2.75, 3.05) is 13.7 Å². The molecule has 6 heteroatoms. The third kappa shape index (κ3) is 3.18. The summed E-state index contributed by atoms with van der Waals surface area (Å²) >= 11 is 0. The number of carbonyl (C=O) groups is 3. The number of hydrogen-bond acceptors (Lipinski definition) is 4. The summed E-state index contributed by atoms with van der Waals surface area (Å²) in [5, 5.41) is 2.81. The summed E-state index contributed by atoms with van der Waals surface area (Å²) in [7, 11) is 1.57. The van der Waals surface area contributed by atoms with Crippen molar-refractivity contribution >= 4 is 17.7 Å². The average Bonchev–Trinajstić information content (AvgIpc) is 3.31. The van der Waals surface area contributed by atoms with E-state index in [9.17, 15) is 14.4 Å². The van der Waals surface area contributed by atoms with Crippen molar-refractivity contribution < 1.29 is 19.1 Å². The van der Waals surface area contributed by atoms with Gasteiger partial charge < -0.3 is 10.1 Å². The zero-order valence-electron chi connectivity index (χ0n) is 16.7. The van der Waals surface area contributed by atoms with Gasteiger partial charge in [0.1, 0.15) is 11.3 Å². The molecule has 1 heterocycles. The van der Waals surface area contributed by atoms with E-state index in [1.54, 1.807) is 37.4 Å². The molecule has 1 N–H and O–H groups in total. The van der Waals surface area contributed by atoms with Crippen molar-refractivity contribution in [1.82, 2.24) is 10.2 Å². The molecule has 0 spiro atoms. The first kappa shape index (κ1) is 19.2. The number of rotatable bonds is 6. The second-order valence-corrected chi connectivity index (χ2v) is 7.57. The molecule has 2 aromatic carbocycles. The van der Waals surface area contributed by atoms with Crippen LogP contribution >= 0.6 is 0 Å². The van der Waals surface area contributed by atoms with Gasteiger partial charge in [-0.3, -0.25) is 14.5 Å². The molecule has 1 aliphatic carbocycles. The Bertz CT molecular complexity index is 983. The summed E-state index contributed by atoms with van der Waals surface area (Å²) in [4.78, 5) is 39.7. The minimum Gasteiger partial charge on any atom is -0.497 e. The Balaban J connectivity index is 1.57. The summed E-state index contributed by atoms with van der Waals surface area (Å²) in [6, 6.07) is 12.2. The molecule has 0 aromatic heterocycles. The normalized spacial score (nSPS) is 20.6. The molecule has 1 aliphatic heterocycles. The van der Waals surface area contributed by atoms with E-state index < -0.39 is 17.5 Å². The topological polar surface area (TPSA) is 75.7 Å². The number of hydrogen-bond donors (Lipinski definition) is 1. The number of fused-ring (bicyclic) bond motifs is 1. The number of methoxy groups -OCH3 is 1. The van der Waals surface area contributed by atoms with Gasteiger partial charge in [0, 0.05) is 5.56 Å². The fourth-order valence-electron chi connectivity index (χ4n) is 4.26. The number of aryl methyl sites for hydroxylation is 2. The van der Waals surface area contributed by atoms with Gasteiger partial charge in [-0.05, 0) is 60.6 Å². The van der Waals surface area contributed by atoms with E-state index in [0.29, 0.717) is 23.3 Å². The minimum absolute atomic E-state index is 0.232. The quantitative estimate of drug-likeness (QED) is 0.605. The van der Waals surface area contributed by atoms with Crippen molar-refractivity contribution in [2.24, 2.45) is 0 Å². The molecule has 2 aromatic rings. The molecule has 29 heavy (non-hydrogen) atoms. The number of ether oxygens (including phenoxy) is 1. The molecular weight excluding hydrogens is 368 g/mol. The van der Waals surface area contributed by atoms with Crippen LogP contribution in [0.15, 0.2) is 42.5 Å². The Labute approximate surface area is 169 Å². The molecule has 0 bridgehead atoms. The number of nitrogens with one attached hydrogen (secondary N) is 1. The first-order chi connectivity index (χ1) is 14.0. The van der Waals surface area contributed by atoms with Crippen LogP contribution in [0.4, 0.5) is 4.79 Å². The Morgan fingerprint density at radius 3 is 2.52 bits per heavy atom. The summed E-state index contributed by atoms with van der Waals surface area (Å²) in [5.74, 6) is 0.0370. The van der Waals surface area contributed by atoms with Gasteiger partial charge in [0.05, 0.1) is 13.7 Å². The second-order valence-electron chi connectivity index (χ2n) is 7.57. The lowest BCUT2D eigenvalue weighted by atomic mass is 9.87. The molecular formula is C23H24N2O4. The van der Waals surface area contributed by atoms with Gasteiger partial charge in [-0.1, -0.05) is 31.2 Å². The van der Waals surface area contributed by atoms with Gasteiger partial charge in [-0.25, -0.2) is 4.79 Å². The van der Waals surface area contributed by atoms with Crippen LogP contribution < -0.4 is 10.1 Å². The highest BCUT2D eigenvalue weighted by Crippen LogP contribution is 2.33. The average molecular weight is 392 g/mol. The lowest BCUT2D eigenvalue weighted by Crippen LogP contribution is -2.43. The fraction of sp³-hybridized carbons (Fsp3) is 0.348. The van der Waals surface area contributed by atoms with Gasteiger partial charge in [-0.15, -0.1) is 0 Å². The van der Waals surface area contributed by atoms with E-state index in [1.807, 2.05) is 19.1 Å². The Morgan fingerprint density at radius 2 is 1.83 bits per heavy atom. The number of imide groups is 1. The van der Waals surface area contributed by atoms with Gasteiger partial charge in [-0.2, -0.15) is 0 Å². The number of Topliss-reactive ketones (excluding diaryl/α,β-unsaturated/α-hetero) is 1. The number of ketones is 1. The number of amides is 3. The van der Waals surface area contributed by atoms with E-state index in [4.69, 9.17) is 4.74 Å².